The Balaban J connectivity index is 2.21. The summed E-state index contributed by atoms with van der Waals surface area (Å²) in [5.41, 5.74) is 9.61. The molecule has 0 fully saturated rings. The average Bonchev–Trinajstić information content (AvgIpc) is 2.83. The summed E-state index contributed by atoms with van der Waals surface area (Å²) in [4.78, 5) is 18.0. The van der Waals surface area contributed by atoms with Gasteiger partial charge in [0.2, 0.25) is 0 Å². The van der Waals surface area contributed by atoms with Gasteiger partial charge in [0.05, 0.1) is 11.8 Å². The van der Waals surface area contributed by atoms with Gasteiger partial charge in [-0.3, -0.25) is 0 Å². The molecule has 0 saturated heterocycles. The first-order chi connectivity index (χ1) is 11.4. The molecule has 0 atom stereocenters. The van der Waals surface area contributed by atoms with Crippen LogP contribution in [0.4, 0.5) is 5.69 Å². The second kappa shape index (κ2) is 6.53. The van der Waals surface area contributed by atoms with Crippen LogP contribution in [0.3, 0.4) is 0 Å². The molecule has 0 spiro atoms. The number of thiophene rings is 1. The number of hydrogen-bond acceptors (Lipinski definition) is 5. The summed E-state index contributed by atoms with van der Waals surface area (Å²) >= 11 is 4.73. The number of nitrogen functional groups attached to an aromatic ring is 1. The minimum Gasteiger partial charge on any atom is -0.459 e. The van der Waals surface area contributed by atoms with E-state index in [2.05, 4.69) is 20.9 Å². The molecule has 0 aliphatic carbocycles. The number of anilines is 1. The van der Waals surface area contributed by atoms with Gasteiger partial charge >= 0.3 is 5.97 Å². The molecule has 124 valence electrons. The molecule has 2 aromatic heterocycles. The van der Waals surface area contributed by atoms with E-state index >= 15 is 0 Å². The van der Waals surface area contributed by atoms with Crippen LogP contribution in [0, 0.1) is 6.92 Å². The van der Waals surface area contributed by atoms with E-state index in [0.717, 1.165) is 31.5 Å². The Bertz CT molecular complexity index is 917. The number of hydrogen-bond donors (Lipinski definition) is 1. The maximum absolute atomic E-state index is 12.3. The number of ether oxygens (including phenoxy) is 1. The van der Waals surface area contributed by atoms with Crippen LogP contribution in [0.2, 0.25) is 0 Å². The van der Waals surface area contributed by atoms with E-state index in [1.807, 2.05) is 51.1 Å². The zero-order valence-corrected chi connectivity index (χ0v) is 16.0. The largest absolute Gasteiger partial charge is 0.459 e. The second-order valence-electron chi connectivity index (χ2n) is 5.80. The third-order valence-corrected chi connectivity index (χ3v) is 5.12. The maximum Gasteiger partial charge on any atom is 0.350 e. The molecule has 0 aliphatic rings. The van der Waals surface area contributed by atoms with E-state index in [1.165, 1.54) is 11.3 Å². The van der Waals surface area contributed by atoms with E-state index < -0.39 is 5.97 Å². The van der Waals surface area contributed by atoms with Crippen LogP contribution in [0.15, 0.2) is 34.8 Å². The van der Waals surface area contributed by atoms with Crippen LogP contribution < -0.4 is 5.73 Å². The monoisotopic (exact) mass is 404 g/mol. The number of nitrogens with zero attached hydrogens (tertiary/aromatic N) is 1. The molecule has 6 heteroatoms. The number of benzene rings is 1. The normalized spacial score (nSPS) is 11.2. The zero-order valence-electron chi connectivity index (χ0n) is 13.6. The lowest BCUT2D eigenvalue weighted by Crippen LogP contribution is -2.11. The minimum atomic E-state index is -0.398. The molecule has 0 bridgehead atoms. The Morgan fingerprint density at radius 2 is 1.96 bits per heavy atom. The number of fused-ring (bicyclic) bond motifs is 1. The number of carbonyl (C=O) groups excluding carboxylic acids is 1. The number of aromatic nitrogens is 1. The standard InChI is InChI=1S/C18H17BrN2O2S/c1-9(2)23-18(22)16-15(20)14-13(8-10(3)21-17(14)24-16)11-4-6-12(19)7-5-11/h4-9H,20H2,1-3H3. The highest BCUT2D eigenvalue weighted by Gasteiger charge is 2.22. The van der Waals surface area contributed by atoms with E-state index in [9.17, 15) is 4.79 Å². The number of nitrogens with two attached hydrogens (primary N) is 1. The van der Waals surface area contributed by atoms with Crippen molar-refractivity contribution in [3.8, 4) is 11.1 Å². The molecule has 0 saturated carbocycles. The van der Waals surface area contributed by atoms with Crippen molar-refractivity contribution in [1.82, 2.24) is 4.98 Å². The summed E-state index contributed by atoms with van der Waals surface area (Å²) in [6.45, 7) is 5.57. The minimum absolute atomic E-state index is 0.192. The molecule has 0 radical (unpaired) electrons. The highest BCUT2D eigenvalue weighted by Crippen LogP contribution is 2.40. The molecule has 0 aliphatic heterocycles. The van der Waals surface area contributed by atoms with Gasteiger partial charge in [0.1, 0.15) is 9.71 Å². The molecule has 2 N–H and O–H groups in total. The summed E-state index contributed by atoms with van der Waals surface area (Å²) in [6.07, 6.45) is -0.192. The molecular formula is C18H17BrN2O2S. The molecule has 3 aromatic rings. The zero-order chi connectivity index (χ0) is 17.4. The van der Waals surface area contributed by atoms with Crippen molar-refractivity contribution in [1.29, 1.82) is 0 Å². The predicted octanol–water partition coefficient (Wildman–Crippen LogP) is 5.18. The Morgan fingerprint density at radius 3 is 2.58 bits per heavy atom. The lowest BCUT2D eigenvalue weighted by atomic mass is 10.0. The third-order valence-electron chi connectivity index (χ3n) is 3.51. The smallest absolute Gasteiger partial charge is 0.350 e. The number of esters is 1. The fraction of sp³-hybridized carbons (Fsp3) is 0.222. The molecule has 0 amide bonds. The Hall–Kier alpha value is -1.92. The van der Waals surface area contributed by atoms with Gasteiger partial charge in [0, 0.05) is 15.6 Å². The SMILES string of the molecule is Cc1cc(-c2ccc(Br)cc2)c2c(N)c(C(=O)OC(C)C)sc2n1. The van der Waals surface area contributed by atoms with Crippen LogP contribution in [0.25, 0.3) is 21.3 Å². The Labute approximate surface area is 152 Å². The van der Waals surface area contributed by atoms with E-state index in [0.29, 0.717) is 10.6 Å². The summed E-state index contributed by atoms with van der Waals surface area (Å²) in [7, 11) is 0. The number of halogens is 1. The van der Waals surface area contributed by atoms with Crippen molar-refractivity contribution in [2.45, 2.75) is 26.9 Å². The third kappa shape index (κ3) is 3.16. The number of carbonyl (C=O) groups is 1. The van der Waals surface area contributed by atoms with Crippen molar-refractivity contribution in [3.63, 3.8) is 0 Å². The Kier molecular flexibility index (Phi) is 4.60. The summed E-state index contributed by atoms with van der Waals surface area (Å²) in [5, 5.41) is 0.809. The van der Waals surface area contributed by atoms with Crippen LogP contribution >= 0.6 is 27.3 Å². The fourth-order valence-corrected chi connectivity index (χ4v) is 3.83. The quantitative estimate of drug-likeness (QED) is 0.610. The lowest BCUT2D eigenvalue weighted by molar-refractivity contribution is 0.0385. The van der Waals surface area contributed by atoms with E-state index in [4.69, 9.17) is 10.5 Å². The van der Waals surface area contributed by atoms with Gasteiger partial charge < -0.3 is 10.5 Å². The van der Waals surface area contributed by atoms with Gasteiger partial charge in [-0.2, -0.15) is 0 Å². The Morgan fingerprint density at radius 1 is 1.29 bits per heavy atom. The first-order valence-corrected chi connectivity index (χ1v) is 9.14. The van der Waals surface area contributed by atoms with Crippen LogP contribution in [0.5, 0.6) is 0 Å². The van der Waals surface area contributed by atoms with Crippen LogP contribution in [-0.4, -0.2) is 17.1 Å². The van der Waals surface area contributed by atoms with Gasteiger partial charge in [0.25, 0.3) is 0 Å². The van der Waals surface area contributed by atoms with Gasteiger partial charge in [-0.15, -0.1) is 11.3 Å². The summed E-state index contributed by atoms with van der Waals surface area (Å²) < 4.78 is 6.30. The molecule has 1 aromatic carbocycles. The molecular weight excluding hydrogens is 388 g/mol. The van der Waals surface area contributed by atoms with Gasteiger partial charge in [-0.25, -0.2) is 9.78 Å². The molecule has 4 nitrogen and oxygen atoms in total. The molecule has 2 heterocycles. The van der Waals surface area contributed by atoms with Crippen molar-refractivity contribution in [2.75, 3.05) is 5.73 Å². The van der Waals surface area contributed by atoms with E-state index in [1.54, 1.807) is 0 Å². The number of rotatable bonds is 3. The van der Waals surface area contributed by atoms with Gasteiger partial charge in [-0.1, -0.05) is 28.1 Å². The fourth-order valence-electron chi connectivity index (χ4n) is 2.52. The van der Waals surface area contributed by atoms with E-state index in [-0.39, 0.29) is 6.10 Å². The van der Waals surface area contributed by atoms with Gasteiger partial charge in [0.15, 0.2) is 0 Å². The number of aryl methyl sites for hydroxylation is 1. The van der Waals surface area contributed by atoms with Crippen molar-refractivity contribution in [3.05, 3.63) is 45.4 Å². The predicted molar refractivity (Wildman–Crippen MR) is 102 cm³/mol. The first-order valence-electron chi connectivity index (χ1n) is 7.53. The lowest BCUT2D eigenvalue weighted by Gasteiger charge is -2.08. The van der Waals surface area contributed by atoms with Crippen LogP contribution in [-0.2, 0) is 4.74 Å². The average molecular weight is 405 g/mol. The summed E-state index contributed by atoms with van der Waals surface area (Å²) in [5.74, 6) is -0.398. The van der Waals surface area contributed by atoms with Gasteiger partial charge in [-0.05, 0) is 50.1 Å². The van der Waals surface area contributed by atoms with Crippen molar-refractivity contribution in [2.24, 2.45) is 0 Å². The second-order valence-corrected chi connectivity index (χ2v) is 7.71. The van der Waals surface area contributed by atoms with Crippen molar-refractivity contribution < 1.29 is 9.53 Å². The topological polar surface area (TPSA) is 65.2 Å². The number of pyridine rings is 1. The molecule has 24 heavy (non-hydrogen) atoms. The highest BCUT2D eigenvalue weighted by atomic mass is 79.9. The van der Waals surface area contributed by atoms with Crippen molar-refractivity contribution >= 4 is 49.1 Å². The van der Waals surface area contributed by atoms with Crippen LogP contribution in [0.1, 0.15) is 29.2 Å². The summed E-state index contributed by atoms with van der Waals surface area (Å²) in [6, 6.07) is 9.98. The molecule has 0 unspecified atom stereocenters. The first kappa shape index (κ1) is 16.9. The maximum atomic E-state index is 12.3. The highest BCUT2D eigenvalue weighted by molar-refractivity contribution is 9.10. The molecule has 3 rings (SSSR count).